The molecule has 0 saturated carbocycles. The second-order valence-electron chi connectivity index (χ2n) is 6.66. The van der Waals surface area contributed by atoms with Gasteiger partial charge in [0.05, 0.1) is 16.6 Å². The summed E-state index contributed by atoms with van der Waals surface area (Å²) in [6.07, 6.45) is 0.979. The van der Waals surface area contributed by atoms with Gasteiger partial charge in [-0.15, -0.1) is 0 Å². The average Bonchev–Trinajstić information content (AvgIpc) is 2.65. The Hall–Kier alpha value is -1.85. The number of rotatable bonds is 6. The van der Waals surface area contributed by atoms with E-state index in [9.17, 15) is 4.79 Å². The monoisotopic (exact) mass is 490 g/mol. The highest BCUT2D eigenvalue weighted by Crippen LogP contribution is 2.32. The standard InChI is InChI=1S/C22H20Br2O3/c1-14(2)11-12-26-21-9-7-15(13-19(21)24)22(25)27-20-10-8-18(23)16-5-3-4-6-17(16)20/h3-10,13-14H,11-12H2,1-2H3. The van der Waals surface area contributed by atoms with Crippen LogP contribution < -0.4 is 9.47 Å². The Morgan fingerprint density at radius 3 is 2.33 bits per heavy atom. The van der Waals surface area contributed by atoms with Crippen LogP contribution in [-0.2, 0) is 0 Å². The highest BCUT2D eigenvalue weighted by Gasteiger charge is 2.14. The smallest absolute Gasteiger partial charge is 0.343 e. The first kappa shape index (κ1) is 19.9. The molecule has 5 heteroatoms. The fraction of sp³-hybridized carbons (Fsp3) is 0.227. The third kappa shape index (κ3) is 4.90. The largest absolute Gasteiger partial charge is 0.492 e. The van der Waals surface area contributed by atoms with Gasteiger partial charge in [0.2, 0.25) is 0 Å². The molecular weight excluding hydrogens is 472 g/mol. The third-order valence-electron chi connectivity index (χ3n) is 4.15. The Labute approximate surface area is 175 Å². The van der Waals surface area contributed by atoms with Crippen LogP contribution in [0.25, 0.3) is 10.8 Å². The van der Waals surface area contributed by atoms with Crippen molar-refractivity contribution < 1.29 is 14.3 Å². The molecule has 0 atom stereocenters. The number of hydrogen-bond donors (Lipinski definition) is 0. The molecule has 0 fully saturated rings. The molecule has 0 amide bonds. The molecule has 140 valence electrons. The summed E-state index contributed by atoms with van der Waals surface area (Å²) in [5, 5.41) is 1.88. The molecule has 0 N–H and O–H groups in total. The second kappa shape index (κ2) is 8.89. The fourth-order valence-electron chi connectivity index (χ4n) is 2.63. The number of esters is 1. The van der Waals surface area contributed by atoms with Crippen molar-refractivity contribution in [1.29, 1.82) is 0 Å². The number of halogens is 2. The Bertz CT molecular complexity index is 967. The molecule has 3 rings (SSSR count). The molecule has 0 aromatic heterocycles. The van der Waals surface area contributed by atoms with Crippen molar-refractivity contribution >= 4 is 48.6 Å². The topological polar surface area (TPSA) is 35.5 Å². The molecular formula is C22H20Br2O3. The SMILES string of the molecule is CC(C)CCOc1ccc(C(=O)Oc2ccc(Br)c3ccccc23)cc1Br. The average molecular weight is 492 g/mol. The van der Waals surface area contributed by atoms with Crippen LogP contribution in [0.1, 0.15) is 30.6 Å². The van der Waals surface area contributed by atoms with E-state index >= 15 is 0 Å². The van der Waals surface area contributed by atoms with Crippen molar-refractivity contribution in [3.63, 3.8) is 0 Å². The minimum Gasteiger partial charge on any atom is -0.492 e. The summed E-state index contributed by atoms with van der Waals surface area (Å²) in [5.41, 5.74) is 0.463. The maximum Gasteiger partial charge on any atom is 0.343 e. The number of carbonyl (C=O) groups excluding carboxylic acids is 1. The number of ether oxygens (including phenoxy) is 2. The quantitative estimate of drug-likeness (QED) is 0.275. The molecule has 3 aromatic rings. The van der Waals surface area contributed by atoms with Crippen LogP contribution in [0.5, 0.6) is 11.5 Å². The van der Waals surface area contributed by atoms with Crippen molar-refractivity contribution in [3.8, 4) is 11.5 Å². The zero-order chi connectivity index (χ0) is 19.4. The summed E-state index contributed by atoms with van der Waals surface area (Å²) >= 11 is 7.01. The molecule has 0 radical (unpaired) electrons. The summed E-state index contributed by atoms with van der Waals surface area (Å²) in [5.74, 6) is 1.43. The molecule has 27 heavy (non-hydrogen) atoms. The van der Waals surface area contributed by atoms with Gasteiger partial charge in [-0.25, -0.2) is 4.79 Å². The molecule has 0 bridgehead atoms. The van der Waals surface area contributed by atoms with Crippen LogP contribution in [0.3, 0.4) is 0 Å². The lowest BCUT2D eigenvalue weighted by Gasteiger charge is -2.12. The molecule has 0 saturated heterocycles. The van der Waals surface area contributed by atoms with Gasteiger partial charge in [0.1, 0.15) is 11.5 Å². The van der Waals surface area contributed by atoms with E-state index in [2.05, 4.69) is 45.7 Å². The lowest BCUT2D eigenvalue weighted by molar-refractivity contribution is 0.0737. The van der Waals surface area contributed by atoms with E-state index in [0.29, 0.717) is 23.8 Å². The van der Waals surface area contributed by atoms with Gasteiger partial charge >= 0.3 is 5.97 Å². The second-order valence-corrected chi connectivity index (χ2v) is 8.37. The molecule has 3 aromatic carbocycles. The molecule has 0 aliphatic carbocycles. The van der Waals surface area contributed by atoms with E-state index in [4.69, 9.17) is 9.47 Å². The summed E-state index contributed by atoms with van der Waals surface area (Å²) in [7, 11) is 0. The lowest BCUT2D eigenvalue weighted by Crippen LogP contribution is -2.09. The van der Waals surface area contributed by atoms with Crippen molar-refractivity contribution in [2.75, 3.05) is 6.61 Å². The Balaban J connectivity index is 1.77. The number of benzene rings is 3. The van der Waals surface area contributed by atoms with Crippen molar-refractivity contribution in [3.05, 3.63) is 69.1 Å². The van der Waals surface area contributed by atoms with Crippen LogP contribution >= 0.6 is 31.9 Å². The minimum absolute atomic E-state index is 0.406. The highest BCUT2D eigenvalue weighted by atomic mass is 79.9. The Morgan fingerprint density at radius 2 is 1.63 bits per heavy atom. The van der Waals surface area contributed by atoms with E-state index < -0.39 is 5.97 Å². The number of fused-ring (bicyclic) bond motifs is 1. The first-order chi connectivity index (χ1) is 13.0. The predicted molar refractivity (Wildman–Crippen MR) is 116 cm³/mol. The Kier molecular flexibility index (Phi) is 6.55. The molecule has 0 unspecified atom stereocenters. The third-order valence-corrected chi connectivity index (χ3v) is 5.47. The van der Waals surface area contributed by atoms with Crippen molar-refractivity contribution in [1.82, 2.24) is 0 Å². The fourth-order valence-corrected chi connectivity index (χ4v) is 3.60. The van der Waals surface area contributed by atoms with Gasteiger partial charge in [-0.1, -0.05) is 54.0 Å². The molecule has 0 heterocycles. The first-order valence-corrected chi connectivity index (χ1v) is 10.4. The maximum atomic E-state index is 12.6. The molecule has 0 spiro atoms. The van der Waals surface area contributed by atoms with Gasteiger partial charge in [-0.2, -0.15) is 0 Å². The molecule has 3 nitrogen and oxygen atoms in total. The Morgan fingerprint density at radius 1 is 0.926 bits per heavy atom. The predicted octanol–water partition coefficient (Wildman–Crippen LogP) is 7.01. The van der Waals surface area contributed by atoms with E-state index in [-0.39, 0.29) is 0 Å². The van der Waals surface area contributed by atoms with E-state index in [1.165, 1.54) is 0 Å². The summed E-state index contributed by atoms with van der Waals surface area (Å²) in [6, 6.07) is 16.7. The summed E-state index contributed by atoms with van der Waals surface area (Å²) in [4.78, 5) is 12.6. The van der Waals surface area contributed by atoms with E-state index in [0.717, 1.165) is 31.9 Å². The van der Waals surface area contributed by atoms with E-state index in [1.54, 1.807) is 24.3 Å². The van der Waals surface area contributed by atoms with Crippen LogP contribution in [0, 0.1) is 5.92 Å². The normalized spacial score (nSPS) is 11.0. The van der Waals surface area contributed by atoms with Gasteiger partial charge in [0.25, 0.3) is 0 Å². The van der Waals surface area contributed by atoms with Crippen LogP contribution in [0.4, 0.5) is 0 Å². The summed E-state index contributed by atoms with van der Waals surface area (Å²) in [6.45, 7) is 4.96. The van der Waals surface area contributed by atoms with Crippen molar-refractivity contribution in [2.45, 2.75) is 20.3 Å². The van der Waals surface area contributed by atoms with Crippen LogP contribution in [0.15, 0.2) is 63.5 Å². The zero-order valence-electron chi connectivity index (χ0n) is 15.2. The highest BCUT2D eigenvalue weighted by molar-refractivity contribution is 9.11. The first-order valence-electron chi connectivity index (χ1n) is 8.77. The van der Waals surface area contributed by atoms with Gasteiger partial charge in [0, 0.05) is 9.86 Å². The number of hydrogen-bond acceptors (Lipinski definition) is 3. The maximum absolute atomic E-state index is 12.6. The van der Waals surface area contributed by atoms with Gasteiger partial charge < -0.3 is 9.47 Å². The van der Waals surface area contributed by atoms with Gasteiger partial charge in [-0.3, -0.25) is 0 Å². The summed E-state index contributed by atoms with van der Waals surface area (Å²) < 4.78 is 13.1. The van der Waals surface area contributed by atoms with Gasteiger partial charge in [0.15, 0.2) is 0 Å². The molecule has 0 aliphatic heterocycles. The zero-order valence-corrected chi connectivity index (χ0v) is 18.3. The van der Waals surface area contributed by atoms with E-state index in [1.807, 2.05) is 30.3 Å². The van der Waals surface area contributed by atoms with Crippen LogP contribution in [-0.4, -0.2) is 12.6 Å². The van der Waals surface area contributed by atoms with Crippen molar-refractivity contribution in [2.24, 2.45) is 5.92 Å². The molecule has 0 aliphatic rings. The number of carbonyl (C=O) groups is 1. The minimum atomic E-state index is -0.406. The van der Waals surface area contributed by atoms with Crippen LogP contribution in [0.2, 0.25) is 0 Å². The lowest BCUT2D eigenvalue weighted by atomic mass is 10.1. The van der Waals surface area contributed by atoms with Gasteiger partial charge in [-0.05, 0) is 64.0 Å².